The van der Waals surface area contributed by atoms with Crippen molar-refractivity contribution < 1.29 is 25.8 Å². The minimum atomic E-state index is -5.83. The summed E-state index contributed by atoms with van der Waals surface area (Å²) in [5.41, 5.74) is -3.08. The lowest BCUT2D eigenvalue weighted by Gasteiger charge is -2.10. The number of aromatic nitrogens is 2. The molecular weight excluding hydrogens is 443 g/mol. The van der Waals surface area contributed by atoms with Gasteiger partial charge in [0.25, 0.3) is 0 Å². The molecule has 32 heavy (non-hydrogen) atoms. The Bertz CT molecular complexity index is 1350. The summed E-state index contributed by atoms with van der Waals surface area (Å²) < 4.78 is 64.4. The molecule has 2 heterocycles. The van der Waals surface area contributed by atoms with E-state index in [-0.39, 0.29) is 11.3 Å². The first-order valence-corrected chi connectivity index (χ1v) is 10.6. The van der Waals surface area contributed by atoms with Gasteiger partial charge in [0.1, 0.15) is 0 Å². The van der Waals surface area contributed by atoms with Crippen LogP contribution in [0.2, 0.25) is 0 Å². The Morgan fingerprint density at radius 1 is 0.844 bits per heavy atom. The van der Waals surface area contributed by atoms with Crippen LogP contribution in [0.5, 0.6) is 5.88 Å². The molecule has 4 aromatic rings. The molecule has 0 aliphatic heterocycles. The van der Waals surface area contributed by atoms with Crippen LogP contribution in [0.25, 0.3) is 10.9 Å². The number of nitrogens with zero attached hydrogens (tertiary/aromatic N) is 3. The molecule has 0 fully saturated rings. The predicted octanol–water partition coefficient (Wildman–Crippen LogP) is 5.03. The highest BCUT2D eigenvalue weighted by atomic mass is 32.2. The summed E-state index contributed by atoms with van der Waals surface area (Å²) >= 11 is 0. The normalized spacial score (nSPS) is 11.8. The number of rotatable bonds is 5. The number of benzene rings is 2. The molecule has 2 aromatic carbocycles. The van der Waals surface area contributed by atoms with E-state index in [4.69, 9.17) is 4.99 Å². The van der Waals surface area contributed by atoms with Crippen LogP contribution in [-0.2, 0) is 10.1 Å². The number of alkyl halides is 3. The van der Waals surface area contributed by atoms with Gasteiger partial charge in [-0.2, -0.15) is 21.6 Å². The van der Waals surface area contributed by atoms with E-state index in [2.05, 4.69) is 14.2 Å². The predicted molar refractivity (Wildman–Crippen MR) is 113 cm³/mol. The minimum Gasteiger partial charge on any atom is -0.355 e. The van der Waals surface area contributed by atoms with Crippen molar-refractivity contribution in [1.82, 2.24) is 9.97 Å². The molecule has 2 aromatic heterocycles. The van der Waals surface area contributed by atoms with E-state index in [0.717, 1.165) is 17.2 Å². The quantitative estimate of drug-likeness (QED) is 0.239. The van der Waals surface area contributed by atoms with E-state index < -0.39 is 21.5 Å². The molecule has 162 valence electrons. The monoisotopic (exact) mass is 457 g/mol. The molecule has 6 nitrogen and oxygen atoms in total. The molecule has 0 spiro atoms. The van der Waals surface area contributed by atoms with Crippen LogP contribution < -0.4 is 4.18 Å². The number of aliphatic imine (C=N–C) groups is 1. The second kappa shape index (κ2) is 8.39. The molecule has 0 radical (unpaired) electrons. The number of hydrogen-bond donors (Lipinski definition) is 0. The average molecular weight is 457 g/mol. The molecular formula is C22H14F3N3O3S. The van der Waals surface area contributed by atoms with Gasteiger partial charge >= 0.3 is 15.6 Å². The Hall–Kier alpha value is -3.79. The topological polar surface area (TPSA) is 81.5 Å². The van der Waals surface area contributed by atoms with Crippen LogP contribution in [0.4, 0.5) is 19.0 Å². The van der Waals surface area contributed by atoms with Crippen LogP contribution >= 0.6 is 0 Å². The summed E-state index contributed by atoms with van der Waals surface area (Å²) in [4.78, 5) is 12.8. The van der Waals surface area contributed by atoms with Crippen molar-refractivity contribution in [2.24, 2.45) is 4.99 Å². The van der Waals surface area contributed by atoms with Gasteiger partial charge in [0.2, 0.25) is 5.88 Å². The molecule has 0 unspecified atom stereocenters. The Labute approximate surface area is 181 Å². The number of pyridine rings is 2. The first kappa shape index (κ1) is 21.4. The summed E-state index contributed by atoms with van der Waals surface area (Å²) in [5, 5.41) is 0.411. The van der Waals surface area contributed by atoms with Crippen LogP contribution in [0.3, 0.4) is 0 Å². The van der Waals surface area contributed by atoms with Crippen molar-refractivity contribution in [3.8, 4) is 5.88 Å². The van der Waals surface area contributed by atoms with Crippen LogP contribution in [0.1, 0.15) is 11.1 Å². The Morgan fingerprint density at radius 3 is 2.00 bits per heavy atom. The van der Waals surface area contributed by atoms with Crippen molar-refractivity contribution >= 4 is 32.6 Å². The fourth-order valence-electron chi connectivity index (χ4n) is 2.91. The maximum absolute atomic E-state index is 12.6. The Balaban J connectivity index is 1.81. The highest BCUT2D eigenvalue weighted by Gasteiger charge is 2.48. The first-order valence-electron chi connectivity index (χ1n) is 9.21. The molecule has 0 atom stereocenters. The summed E-state index contributed by atoms with van der Waals surface area (Å²) in [6, 6.07) is 22.6. The van der Waals surface area contributed by atoms with E-state index in [1.54, 1.807) is 0 Å². The van der Waals surface area contributed by atoms with Gasteiger partial charge in [-0.3, -0.25) is 0 Å². The molecule has 0 saturated heterocycles. The Kier molecular flexibility index (Phi) is 5.62. The van der Waals surface area contributed by atoms with E-state index >= 15 is 0 Å². The molecule has 0 aliphatic carbocycles. The maximum atomic E-state index is 12.6. The second-order valence-corrected chi connectivity index (χ2v) is 8.06. The fourth-order valence-corrected chi connectivity index (χ4v) is 3.32. The highest BCUT2D eigenvalue weighted by molar-refractivity contribution is 7.87. The van der Waals surface area contributed by atoms with Crippen molar-refractivity contribution in [3.63, 3.8) is 0 Å². The van der Waals surface area contributed by atoms with Gasteiger partial charge in [-0.05, 0) is 12.1 Å². The van der Waals surface area contributed by atoms with Gasteiger partial charge in [0.05, 0.1) is 11.2 Å². The third-order valence-electron chi connectivity index (χ3n) is 4.36. The van der Waals surface area contributed by atoms with Crippen molar-refractivity contribution in [2.45, 2.75) is 5.51 Å². The van der Waals surface area contributed by atoms with E-state index in [1.165, 1.54) is 18.3 Å². The molecule has 0 saturated carbocycles. The van der Waals surface area contributed by atoms with Gasteiger partial charge in [-0.1, -0.05) is 60.7 Å². The summed E-state index contributed by atoms with van der Waals surface area (Å²) in [6.45, 7) is 0. The molecule has 0 bridgehead atoms. The second-order valence-electron chi connectivity index (χ2n) is 6.53. The van der Waals surface area contributed by atoms with Gasteiger partial charge in [-0.25, -0.2) is 15.0 Å². The molecule has 4 rings (SSSR count). The third kappa shape index (κ3) is 4.45. The molecule has 10 heteroatoms. The fraction of sp³-hybridized carbons (Fsp3) is 0.0455. The zero-order valence-electron chi connectivity index (χ0n) is 16.2. The lowest BCUT2D eigenvalue weighted by atomic mass is 10.0. The minimum absolute atomic E-state index is 0.175. The third-order valence-corrected chi connectivity index (χ3v) is 5.32. The van der Waals surface area contributed by atoms with Gasteiger partial charge in [-0.15, -0.1) is 0 Å². The van der Waals surface area contributed by atoms with Crippen LogP contribution in [-0.4, -0.2) is 29.6 Å². The smallest absolute Gasteiger partial charge is 0.355 e. The SMILES string of the molecule is O=S(=O)(Oc1ccc2c(N=C(c3ccccc3)c3ccccc3)nccc2n1)C(F)(F)F. The van der Waals surface area contributed by atoms with E-state index in [9.17, 15) is 21.6 Å². The average Bonchev–Trinajstić information content (AvgIpc) is 2.77. The van der Waals surface area contributed by atoms with Gasteiger partial charge < -0.3 is 4.18 Å². The van der Waals surface area contributed by atoms with Gasteiger partial charge in [0.15, 0.2) is 5.82 Å². The zero-order chi connectivity index (χ0) is 22.8. The van der Waals surface area contributed by atoms with E-state index in [1.807, 2.05) is 60.7 Å². The summed E-state index contributed by atoms with van der Waals surface area (Å²) in [7, 11) is -5.83. The number of hydrogen-bond acceptors (Lipinski definition) is 6. The lowest BCUT2D eigenvalue weighted by molar-refractivity contribution is -0.0501. The maximum Gasteiger partial charge on any atom is 0.534 e. The zero-order valence-corrected chi connectivity index (χ0v) is 17.0. The largest absolute Gasteiger partial charge is 0.534 e. The molecule has 0 aliphatic rings. The molecule has 0 N–H and O–H groups in total. The molecule has 0 amide bonds. The van der Waals surface area contributed by atoms with Crippen molar-refractivity contribution in [1.29, 1.82) is 0 Å². The van der Waals surface area contributed by atoms with E-state index in [0.29, 0.717) is 11.1 Å². The van der Waals surface area contributed by atoms with Gasteiger partial charge in [0, 0.05) is 28.8 Å². The number of halogens is 3. The lowest BCUT2D eigenvalue weighted by Crippen LogP contribution is -2.28. The van der Waals surface area contributed by atoms with Crippen LogP contribution in [0.15, 0.2) is 90.1 Å². The highest BCUT2D eigenvalue weighted by Crippen LogP contribution is 2.29. The van der Waals surface area contributed by atoms with Crippen molar-refractivity contribution in [2.75, 3.05) is 0 Å². The first-order chi connectivity index (χ1) is 15.2. The van der Waals surface area contributed by atoms with Crippen molar-refractivity contribution in [3.05, 3.63) is 96.2 Å². The summed E-state index contributed by atoms with van der Waals surface area (Å²) in [6.07, 6.45) is 1.38. The van der Waals surface area contributed by atoms with Crippen LogP contribution in [0, 0.1) is 0 Å². The Morgan fingerprint density at radius 2 is 1.44 bits per heavy atom. The standard InChI is InChI=1S/C22H14F3N3O3S/c23-22(24,25)32(29,30)31-19-12-11-17-18(27-19)13-14-26-21(17)28-20(15-7-3-1-4-8-15)16-9-5-2-6-10-16/h1-14H. The summed E-state index contributed by atoms with van der Waals surface area (Å²) in [5.74, 6) is -0.440. The number of fused-ring (bicyclic) bond motifs is 1.